The van der Waals surface area contributed by atoms with Gasteiger partial charge in [-0.25, -0.2) is 9.59 Å². The Labute approximate surface area is 175 Å². The Kier molecular flexibility index (Phi) is 6.50. The van der Waals surface area contributed by atoms with Gasteiger partial charge in [-0.1, -0.05) is 36.4 Å². The van der Waals surface area contributed by atoms with Crippen LogP contribution in [0.15, 0.2) is 59.8 Å². The van der Waals surface area contributed by atoms with Crippen molar-refractivity contribution in [3.05, 3.63) is 59.8 Å². The maximum absolute atomic E-state index is 12.9. The van der Waals surface area contributed by atoms with Crippen LogP contribution in [-0.2, 0) is 23.8 Å². The second-order valence-electron chi connectivity index (χ2n) is 6.28. The largest absolute Gasteiger partial charge is 0.573 e. The van der Waals surface area contributed by atoms with Crippen LogP contribution in [0.2, 0.25) is 0 Å². The number of carbonyl (C=O) groups is 2. The van der Waals surface area contributed by atoms with Crippen molar-refractivity contribution in [2.24, 2.45) is 0 Å². The Morgan fingerprint density at radius 2 is 1.55 bits per heavy atom. The van der Waals surface area contributed by atoms with Crippen LogP contribution >= 0.6 is 0 Å². The molecule has 0 amide bonds. The average molecular weight is 437 g/mol. The normalized spacial score (nSPS) is 14.3. The van der Waals surface area contributed by atoms with Crippen molar-refractivity contribution >= 4 is 17.6 Å². The summed E-state index contributed by atoms with van der Waals surface area (Å²) in [7, 11) is 2.30. The topological polar surface area (TPSA) is 74.3 Å². The molecule has 1 aliphatic rings. The molecule has 0 spiro atoms. The number of hydrogen-bond acceptors (Lipinski definition) is 7. The molecule has 0 fully saturated rings. The Morgan fingerprint density at radius 3 is 2.19 bits per heavy atom. The number of nitrogens with zero attached hydrogens (tertiary/aromatic N) is 1. The van der Waals surface area contributed by atoms with E-state index in [1.54, 1.807) is 30.3 Å². The van der Waals surface area contributed by atoms with Crippen LogP contribution in [0.1, 0.15) is 0 Å². The second kappa shape index (κ2) is 9.09. The number of para-hydroxylation sites is 2. The number of benzene rings is 2. The average Bonchev–Trinajstić information content (AvgIpc) is 2.77. The quantitative estimate of drug-likeness (QED) is 0.661. The standard InChI is InChI=1S/C21H18F3NO6/c1-28-19(26)15-11-30-12-25(18(15)20(27)29-2)16-9-5-3-7-13(16)14-8-4-6-10-17(14)31-21(22,23)24/h3-10H,11-12H2,1-2H3. The van der Waals surface area contributed by atoms with E-state index in [-0.39, 0.29) is 30.2 Å². The first-order valence-corrected chi connectivity index (χ1v) is 8.96. The zero-order valence-corrected chi connectivity index (χ0v) is 16.6. The van der Waals surface area contributed by atoms with Gasteiger partial charge in [0.25, 0.3) is 0 Å². The van der Waals surface area contributed by atoms with Crippen molar-refractivity contribution in [2.75, 3.05) is 32.5 Å². The number of esters is 2. The maximum Gasteiger partial charge on any atom is 0.573 e. The van der Waals surface area contributed by atoms with E-state index in [0.717, 1.165) is 14.2 Å². The van der Waals surface area contributed by atoms with E-state index in [1.807, 2.05) is 0 Å². The van der Waals surface area contributed by atoms with Crippen LogP contribution in [-0.4, -0.2) is 45.9 Å². The molecule has 0 aliphatic carbocycles. The van der Waals surface area contributed by atoms with E-state index in [9.17, 15) is 22.8 Å². The van der Waals surface area contributed by atoms with E-state index in [4.69, 9.17) is 14.2 Å². The molecule has 31 heavy (non-hydrogen) atoms. The van der Waals surface area contributed by atoms with Crippen molar-refractivity contribution in [2.45, 2.75) is 6.36 Å². The van der Waals surface area contributed by atoms with Crippen LogP contribution in [0, 0.1) is 0 Å². The molecule has 1 heterocycles. The highest BCUT2D eigenvalue weighted by Crippen LogP contribution is 2.40. The minimum absolute atomic E-state index is 0.0739. The molecule has 0 radical (unpaired) electrons. The number of anilines is 1. The molecule has 164 valence electrons. The Morgan fingerprint density at radius 1 is 0.935 bits per heavy atom. The maximum atomic E-state index is 12.9. The fourth-order valence-electron chi connectivity index (χ4n) is 3.17. The van der Waals surface area contributed by atoms with Crippen molar-refractivity contribution < 1.29 is 41.7 Å². The summed E-state index contributed by atoms with van der Waals surface area (Å²) in [6.07, 6.45) is -4.89. The Balaban J connectivity index is 2.19. The monoisotopic (exact) mass is 437 g/mol. The molecule has 10 heteroatoms. The number of hydrogen-bond donors (Lipinski definition) is 0. The predicted molar refractivity (Wildman–Crippen MR) is 103 cm³/mol. The van der Waals surface area contributed by atoms with E-state index >= 15 is 0 Å². The molecule has 7 nitrogen and oxygen atoms in total. The smallest absolute Gasteiger partial charge is 0.466 e. The van der Waals surface area contributed by atoms with Gasteiger partial charge in [0.1, 0.15) is 18.2 Å². The number of halogens is 3. The lowest BCUT2D eigenvalue weighted by molar-refractivity contribution is -0.274. The third-order valence-electron chi connectivity index (χ3n) is 4.43. The predicted octanol–water partition coefficient (Wildman–Crippen LogP) is 3.65. The SMILES string of the molecule is COC(=O)C1=C(C(=O)OC)N(c2ccccc2-c2ccccc2OC(F)(F)F)COC1. The van der Waals surface area contributed by atoms with Crippen molar-refractivity contribution in [1.82, 2.24) is 0 Å². The molecular weight excluding hydrogens is 419 g/mol. The van der Waals surface area contributed by atoms with E-state index < -0.39 is 24.1 Å². The van der Waals surface area contributed by atoms with Gasteiger partial charge < -0.3 is 23.8 Å². The van der Waals surface area contributed by atoms with Gasteiger partial charge in [0.05, 0.1) is 32.1 Å². The van der Waals surface area contributed by atoms with E-state index in [1.165, 1.54) is 23.1 Å². The molecule has 1 aliphatic heterocycles. The third-order valence-corrected chi connectivity index (χ3v) is 4.43. The highest BCUT2D eigenvalue weighted by atomic mass is 19.4. The van der Waals surface area contributed by atoms with Gasteiger partial charge in [0, 0.05) is 11.1 Å². The number of rotatable bonds is 5. The van der Waals surface area contributed by atoms with Crippen LogP contribution in [0.3, 0.4) is 0 Å². The summed E-state index contributed by atoms with van der Waals surface area (Å²) >= 11 is 0. The van der Waals surface area contributed by atoms with E-state index in [2.05, 4.69) is 4.74 Å². The van der Waals surface area contributed by atoms with Gasteiger partial charge in [0.2, 0.25) is 0 Å². The van der Waals surface area contributed by atoms with Gasteiger partial charge in [-0.05, 0) is 12.1 Å². The fourth-order valence-corrected chi connectivity index (χ4v) is 3.17. The molecule has 2 aromatic carbocycles. The zero-order valence-electron chi connectivity index (χ0n) is 16.6. The lowest BCUT2D eigenvalue weighted by atomic mass is 10.0. The second-order valence-corrected chi connectivity index (χ2v) is 6.28. The molecule has 3 rings (SSSR count). The highest BCUT2D eigenvalue weighted by Gasteiger charge is 2.35. The molecule has 2 aromatic rings. The van der Waals surface area contributed by atoms with Gasteiger partial charge >= 0.3 is 18.3 Å². The van der Waals surface area contributed by atoms with Gasteiger partial charge in [0.15, 0.2) is 0 Å². The van der Waals surface area contributed by atoms with Gasteiger partial charge in [-0.15, -0.1) is 13.2 Å². The fraction of sp³-hybridized carbons (Fsp3) is 0.238. The van der Waals surface area contributed by atoms with Crippen molar-refractivity contribution in [3.8, 4) is 16.9 Å². The third kappa shape index (κ3) is 4.80. The first-order chi connectivity index (χ1) is 14.8. The van der Waals surface area contributed by atoms with Gasteiger partial charge in [-0.2, -0.15) is 0 Å². The lowest BCUT2D eigenvalue weighted by Gasteiger charge is -2.32. The Hall–Kier alpha value is -3.53. The van der Waals surface area contributed by atoms with Gasteiger partial charge in [-0.3, -0.25) is 0 Å². The molecule has 0 bridgehead atoms. The summed E-state index contributed by atoms with van der Waals surface area (Å²) in [4.78, 5) is 26.1. The number of carbonyl (C=O) groups excluding carboxylic acids is 2. The minimum atomic E-state index is -4.89. The van der Waals surface area contributed by atoms with Crippen LogP contribution in [0.5, 0.6) is 5.75 Å². The number of ether oxygens (including phenoxy) is 4. The minimum Gasteiger partial charge on any atom is -0.466 e. The molecule has 0 N–H and O–H groups in total. The lowest BCUT2D eigenvalue weighted by Crippen LogP contribution is -2.39. The molecule has 0 aromatic heterocycles. The van der Waals surface area contributed by atoms with Crippen molar-refractivity contribution in [1.29, 1.82) is 0 Å². The Bertz CT molecular complexity index is 1020. The molecule has 0 atom stereocenters. The first-order valence-electron chi connectivity index (χ1n) is 8.96. The summed E-state index contributed by atoms with van der Waals surface area (Å²) in [5, 5.41) is 0. The summed E-state index contributed by atoms with van der Waals surface area (Å²) in [5.74, 6) is -2.03. The van der Waals surface area contributed by atoms with Crippen molar-refractivity contribution in [3.63, 3.8) is 0 Å². The number of alkyl halides is 3. The van der Waals surface area contributed by atoms with Crippen LogP contribution in [0.25, 0.3) is 11.1 Å². The summed E-state index contributed by atoms with van der Waals surface area (Å²) in [5.41, 5.74) is 0.558. The van der Waals surface area contributed by atoms with E-state index in [0.29, 0.717) is 11.3 Å². The highest BCUT2D eigenvalue weighted by molar-refractivity contribution is 6.04. The first kappa shape index (κ1) is 22.2. The zero-order chi connectivity index (χ0) is 22.6. The summed E-state index contributed by atoms with van der Waals surface area (Å²) in [6, 6.07) is 12.0. The molecular formula is C21H18F3NO6. The van der Waals surface area contributed by atoms with Crippen LogP contribution in [0.4, 0.5) is 18.9 Å². The summed E-state index contributed by atoms with van der Waals surface area (Å²) in [6.45, 7) is -0.340. The molecule has 0 saturated carbocycles. The molecule has 0 saturated heterocycles. The summed E-state index contributed by atoms with van der Waals surface area (Å²) < 4.78 is 57.9. The number of methoxy groups -OCH3 is 2. The van der Waals surface area contributed by atoms with Crippen LogP contribution < -0.4 is 9.64 Å². The molecule has 0 unspecified atom stereocenters.